The molecule has 0 radical (unpaired) electrons. The topological polar surface area (TPSA) is 0 Å². The maximum absolute atomic E-state index is 2.48. The van der Waals surface area contributed by atoms with Gasteiger partial charge in [-0.3, -0.25) is 0 Å². The van der Waals surface area contributed by atoms with E-state index in [2.05, 4.69) is 55.4 Å². The Bertz CT molecular complexity index is 223. The molecule has 0 aromatic heterocycles. The van der Waals surface area contributed by atoms with Gasteiger partial charge in [0, 0.05) is 0 Å². The first kappa shape index (κ1) is 20.0. The van der Waals surface area contributed by atoms with Crippen LogP contribution in [-0.2, 0) is 0 Å². The highest BCUT2D eigenvalue weighted by atomic mass is 14.3. The van der Waals surface area contributed by atoms with Gasteiger partial charge in [0.05, 0.1) is 0 Å². The van der Waals surface area contributed by atoms with E-state index in [0.29, 0.717) is 5.41 Å². The molecule has 0 N–H and O–H groups in total. The zero-order chi connectivity index (χ0) is 15.8. The summed E-state index contributed by atoms with van der Waals surface area (Å²) in [5.74, 6) is 3.54. The van der Waals surface area contributed by atoms with Gasteiger partial charge < -0.3 is 0 Å². The lowest BCUT2D eigenvalue weighted by Crippen LogP contribution is -2.24. The Morgan fingerprint density at radius 1 is 0.800 bits per heavy atom. The van der Waals surface area contributed by atoms with Crippen LogP contribution in [0.2, 0.25) is 0 Å². The Kier molecular flexibility index (Phi) is 9.85. The summed E-state index contributed by atoms with van der Waals surface area (Å²) in [5, 5.41) is 0. The zero-order valence-corrected chi connectivity index (χ0v) is 15.8. The maximum atomic E-state index is 2.48. The molecule has 0 heterocycles. The zero-order valence-electron chi connectivity index (χ0n) is 15.8. The molecule has 122 valence electrons. The van der Waals surface area contributed by atoms with Crippen LogP contribution < -0.4 is 0 Å². The summed E-state index contributed by atoms with van der Waals surface area (Å²) in [6.45, 7) is 19.3. The van der Waals surface area contributed by atoms with Crippen LogP contribution in [0.3, 0.4) is 0 Å². The SMILES string of the molecule is CCCCCC(CC(C)CC(C)C(C)CC)C(C)(C)C. The third kappa shape index (κ3) is 8.32. The second-order valence-corrected chi connectivity index (χ2v) is 8.50. The molecule has 0 fully saturated rings. The van der Waals surface area contributed by atoms with Gasteiger partial charge in [-0.1, -0.05) is 81.1 Å². The minimum atomic E-state index is 0.474. The van der Waals surface area contributed by atoms with Gasteiger partial charge >= 0.3 is 0 Å². The molecule has 0 aliphatic carbocycles. The molecule has 4 unspecified atom stereocenters. The molecule has 0 saturated heterocycles. The number of hydrogen-bond donors (Lipinski definition) is 0. The Morgan fingerprint density at radius 3 is 1.85 bits per heavy atom. The molecule has 0 saturated carbocycles. The van der Waals surface area contributed by atoms with Crippen LogP contribution in [0.1, 0.15) is 100 Å². The highest BCUT2D eigenvalue weighted by molar-refractivity contribution is 4.77. The summed E-state index contributed by atoms with van der Waals surface area (Å²) >= 11 is 0. The summed E-state index contributed by atoms with van der Waals surface area (Å²) in [5.41, 5.74) is 0.474. The lowest BCUT2D eigenvalue weighted by molar-refractivity contribution is 0.167. The van der Waals surface area contributed by atoms with Gasteiger partial charge in [0.25, 0.3) is 0 Å². The fraction of sp³-hybridized carbons (Fsp3) is 1.00. The van der Waals surface area contributed by atoms with Crippen LogP contribution in [0, 0.1) is 29.1 Å². The van der Waals surface area contributed by atoms with E-state index >= 15 is 0 Å². The first-order chi connectivity index (χ1) is 9.22. The van der Waals surface area contributed by atoms with Gasteiger partial charge in [-0.15, -0.1) is 0 Å². The van der Waals surface area contributed by atoms with Gasteiger partial charge in [-0.05, 0) is 48.3 Å². The molecule has 0 aromatic carbocycles. The lowest BCUT2D eigenvalue weighted by Gasteiger charge is -2.34. The molecular weight excluding hydrogens is 240 g/mol. The van der Waals surface area contributed by atoms with Gasteiger partial charge in [0.1, 0.15) is 0 Å². The molecule has 0 spiro atoms. The van der Waals surface area contributed by atoms with Crippen molar-refractivity contribution in [3.05, 3.63) is 0 Å². The molecular formula is C20H42. The van der Waals surface area contributed by atoms with E-state index in [1.54, 1.807) is 0 Å². The van der Waals surface area contributed by atoms with Crippen molar-refractivity contribution in [1.82, 2.24) is 0 Å². The smallest absolute Gasteiger partial charge is 0.0354 e. The van der Waals surface area contributed by atoms with Crippen molar-refractivity contribution in [3.63, 3.8) is 0 Å². The Morgan fingerprint density at radius 2 is 1.40 bits per heavy atom. The lowest BCUT2D eigenvalue weighted by atomic mass is 9.72. The van der Waals surface area contributed by atoms with E-state index in [0.717, 1.165) is 23.7 Å². The van der Waals surface area contributed by atoms with E-state index in [9.17, 15) is 0 Å². The van der Waals surface area contributed by atoms with Crippen LogP contribution in [0.25, 0.3) is 0 Å². The molecule has 0 heteroatoms. The van der Waals surface area contributed by atoms with Crippen LogP contribution in [0.15, 0.2) is 0 Å². The van der Waals surface area contributed by atoms with E-state index in [-0.39, 0.29) is 0 Å². The standard InChI is InChI=1S/C20H42/c1-9-11-12-13-19(20(6,7)8)15-16(3)14-18(5)17(4)10-2/h16-19H,9-15H2,1-8H3. The summed E-state index contributed by atoms with van der Waals surface area (Å²) in [7, 11) is 0. The summed E-state index contributed by atoms with van der Waals surface area (Å²) in [6.07, 6.45) is 9.77. The summed E-state index contributed by atoms with van der Waals surface area (Å²) in [6, 6.07) is 0. The minimum absolute atomic E-state index is 0.474. The highest BCUT2D eigenvalue weighted by Crippen LogP contribution is 2.37. The predicted octanol–water partition coefficient (Wildman–Crippen LogP) is 7.33. The largest absolute Gasteiger partial charge is 0.0654 e. The van der Waals surface area contributed by atoms with Crippen LogP contribution in [0.4, 0.5) is 0 Å². The van der Waals surface area contributed by atoms with Crippen LogP contribution in [0.5, 0.6) is 0 Å². The van der Waals surface area contributed by atoms with Gasteiger partial charge in [0.15, 0.2) is 0 Å². The molecule has 0 aromatic rings. The van der Waals surface area contributed by atoms with Crippen molar-refractivity contribution >= 4 is 0 Å². The maximum Gasteiger partial charge on any atom is -0.0354 e. The molecule has 0 amide bonds. The van der Waals surface area contributed by atoms with Crippen molar-refractivity contribution in [2.45, 2.75) is 100 Å². The van der Waals surface area contributed by atoms with Crippen molar-refractivity contribution < 1.29 is 0 Å². The van der Waals surface area contributed by atoms with Crippen molar-refractivity contribution in [3.8, 4) is 0 Å². The summed E-state index contributed by atoms with van der Waals surface area (Å²) in [4.78, 5) is 0. The fourth-order valence-corrected chi connectivity index (χ4v) is 3.40. The quantitative estimate of drug-likeness (QED) is 0.368. The molecule has 0 nitrogen and oxygen atoms in total. The molecule has 0 rings (SSSR count). The number of hydrogen-bond acceptors (Lipinski definition) is 0. The normalized spacial score (nSPS) is 18.6. The minimum Gasteiger partial charge on any atom is -0.0654 e. The van der Waals surface area contributed by atoms with Crippen LogP contribution in [-0.4, -0.2) is 0 Å². The van der Waals surface area contributed by atoms with E-state index < -0.39 is 0 Å². The first-order valence-electron chi connectivity index (χ1n) is 9.22. The van der Waals surface area contributed by atoms with Crippen LogP contribution >= 0.6 is 0 Å². The molecule has 0 aliphatic rings. The summed E-state index contributed by atoms with van der Waals surface area (Å²) < 4.78 is 0. The fourth-order valence-electron chi connectivity index (χ4n) is 3.40. The second kappa shape index (κ2) is 9.85. The highest BCUT2D eigenvalue weighted by Gasteiger charge is 2.26. The second-order valence-electron chi connectivity index (χ2n) is 8.50. The van der Waals surface area contributed by atoms with Crippen molar-refractivity contribution in [1.29, 1.82) is 0 Å². The van der Waals surface area contributed by atoms with E-state index in [1.807, 2.05) is 0 Å². The van der Waals surface area contributed by atoms with Gasteiger partial charge in [-0.2, -0.15) is 0 Å². The van der Waals surface area contributed by atoms with Gasteiger partial charge in [0.2, 0.25) is 0 Å². The third-order valence-electron chi connectivity index (χ3n) is 5.46. The van der Waals surface area contributed by atoms with Crippen molar-refractivity contribution in [2.75, 3.05) is 0 Å². The Hall–Kier alpha value is 0. The third-order valence-corrected chi connectivity index (χ3v) is 5.46. The molecule has 0 aliphatic heterocycles. The Balaban J connectivity index is 4.34. The average molecular weight is 283 g/mol. The number of unbranched alkanes of at least 4 members (excludes halogenated alkanes) is 2. The van der Waals surface area contributed by atoms with E-state index in [4.69, 9.17) is 0 Å². The molecule has 0 bridgehead atoms. The predicted molar refractivity (Wildman–Crippen MR) is 94.1 cm³/mol. The first-order valence-corrected chi connectivity index (χ1v) is 9.22. The van der Waals surface area contributed by atoms with E-state index in [1.165, 1.54) is 44.9 Å². The van der Waals surface area contributed by atoms with Gasteiger partial charge in [-0.25, -0.2) is 0 Å². The van der Waals surface area contributed by atoms with Crippen molar-refractivity contribution in [2.24, 2.45) is 29.1 Å². The average Bonchev–Trinajstić information content (AvgIpc) is 2.35. The molecule has 20 heavy (non-hydrogen) atoms. The molecule has 4 atom stereocenters. The monoisotopic (exact) mass is 282 g/mol. The number of rotatable bonds is 10. The Labute approximate surface area is 130 Å².